The highest BCUT2D eigenvalue weighted by atomic mass is 79.9. The minimum absolute atomic E-state index is 0.625. The fourth-order valence-electron chi connectivity index (χ4n) is 0.415. The van der Waals surface area contributed by atoms with E-state index in [1.807, 2.05) is 57.2 Å². The lowest BCUT2D eigenvalue weighted by Crippen LogP contribution is -1.55. The van der Waals surface area contributed by atoms with Gasteiger partial charge in [0.1, 0.15) is 0 Å². The Morgan fingerprint density at radius 1 is 1.23 bits per heavy atom. The molecular formula is C11H16BrN. The van der Waals surface area contributed by atoms with Gasteiger partial charge in [-0.05, 0) is 12.1 Å². The first-order chi connectivity index (χ1) is 6.31. The fourth-order valence-corrected chi connectivity index (χ4v) is 0.720. The first kappa shape index (κ1) is 14.7. The van der Waals surface area contributed by atoms with E-state index >= 15 is 0 Å². The largest absolute Gasteiger partial charge is 0.198 e. The Kier molecular flexibility index (Phi) is 15.6. The molecule has 0 aliphatic carbocycles. The van der Waals surface area contributed by atoms with Crippen LogP contribution >= 0.6 is 15.9 Å². The van der Waals surface area contributed by atoms with Gasteiger partial charge in [-0.15, -0.1) is 0 Å². The third-order valence-electron chi connectivity index (χ3n) is 0.891. The van der Waals surface area contributed by atoms with E-state index in [1.54, 1.807) is 0 Å². The van der Waals surface area contributed by atoms with Crippen LogP contribution in [0.25, 0.3) is 0 Å². The summed E-state index contributed by atoms with van der Waals surface area (Å²) in [5.74, 6) is 0. The first-order valence-corrected chi connectivity index (χ1v) is 5.18. The highest BCUT2D eigenvalue weighted by molar-refractivity contribution is 9.10. The molecule has 2 heteroatoms. The van der Waals surface area contributed by atoms with Crippen molar-refractivity contribution in [2.75, 3.05) is 0 Å². The highest BCUT2D eigenvalue weighted by Crippen LogP contribution is 2.05. The van der Waals surface area contributed by atoms with Gasteiger partial charge >= 0.3 is 0 Å². The van der Waals surface area contributed by atoms with E-state index in [-0.39, 0.29) is 0 Å². The number of nitrogens with zero attached hydrogens (tertiary/aromatic N) is 1. The summed E-state index contributed by atoms with van der Waals surface area (Å²) in [6, 6.07) is 11.9. The van der Waals surface area contributed by atoms with Crippen LogP contribution < -0.4 is 0 Å². The first-order valence-electron chi connectivity index (χ1n) is 4.38. The fraction of sp³-hybridized carbons (Fsp3) is 0.364. The summed E-state index contributed by atoms with van der Waals surface area (Å²) < 4.78 is 1.13. The van der Waals surface area contributed by atoms with E-state index < -0.39 is 0 Å². The second-order valence-electron chi connectivity index (χ2n) is 1.81. The zero-order chi connectivity index (χ0) is 10.5. The number of halogens is 1. The van der Waals surface area contributed by atoms with Crippen LogP contribution in [0.3, 0.4) is 0 Å². The molecule has 0 spiro atoms. The van der Waals surface area contributed by atoms with Gasteiger partial charge in [0.2, 0.25) is 0 Å². The molecule has 1 nitrogen and oxygen atoms in total. The SMILES string of the molecule is Brc1ccccc1.CC.CCC#N. The lowest BCUT2D eigenvalue weighted by atomic mass is 10.4. The lowest BCUT2D eigenvalue weighted by Gasteiger charge is -1.80. The molecule has 0 aromatic heterocycles. The Morgan fingerprint density at radius 2 is 1.62 bits per heavy atom. The average Bonchev–Trinajstić information content (AvgIpc) is 2.22. The second-order valence-corrected chi connectivity index (χ2v) is 2.72. The predicted octanol–water partition coefficient (Wildman–Crippen LogP) is 4.40. The molecule has 0 bridgehead atoms. The predicted molar refractivity (Wildman–Crippen MR) is 61.4 cm³/mol. The maximum atomic E-state index is 7.62. The van der Waals surface area contributed by atoms with Gasteiger partial charge in [0.15, 0.2) is 0 Å². The van der Waals surface area contributed by atoms with Crippen LogP contribution in [0.4, 0.5) is 0 Å². The summed E-state index contributed by atoms with van der Waals surface area (Å²) >= 11 is 3.31. The van der Waals surface area contributed by atoms with Gasteiger partial charge in [-0.25, -0.2) is 0 Å². The summed E-state index contributed by atoms with van der Waals surface area (Å²) in [5.41, 5.74) is 0. The standard InChI is InChI=1S/C6H5Br.C3H5N.C2H6/c7-6-4-2-1-3-5-6;1-2-3-4;1-2/h1-5H;2H2,1H3;1-2H3. The molecule has 0 amide bonds. The zero-order valence-electron chi connectivity index (χ0n) is 8.42. The third-order valence-corrected chi connectivity index (χ3v) is 1.42. The molecule has 0 radical (unpaired) electrons. The van der Waals surface area contributed by atoms with Crippen molar-refractivity contribution in [3.8, 4) is 6.07 Å². The minimum Gasteiger partial charge on any atom is -0.198 e. The van der Waals surface area contributed by atoms with Crippen molar-refractivity contribution in [2.45, 2.75) is 27.2 Å². The van der Waals surface area contributed by atoms with Gasteiger partial charge in [0, 0.05) is 10.9 Å². The molecule has 0 saturated heterocycles. The van der Waals surface area contributed by atoms with Crippen LogP contribution in [0.2, 0.25) is 0 Å². The van der Waals surface area contributed by atoms with Gasteiger partial charge in [0.25, 0.3) is 0 Å². The third kappa shape index (κ3) is 14.1. The van der Waals surface area contributed by atoms with Crippen molar-refractivity contribution in [2.24, 2.45) is 0 Å². The van der Waals surface area contributed by atoms with Crippen LogP contribution in [0.5, 0.6) is 0 Å². The van der Waals surface area contributed by atoms with Crippen molar-refractivity contribution in [3.63, 3.8) is 0 Å². The molecule has 0 unspecified atom stereocenters. The molecular weight excluding hydrogens is 226 g/mol. The molecule has 0 N–H and O–H groups in total. The quantitative estimate of drug-likeness (QED) is 0.661. The van der Waals surface area contributed by atoms with Gasteiger partial charge < -0.3 is 0 Å². The summed E-state index contributed by atoms with van der Waals surface area (Å²) in [4.78, 5) is 0. The molecule has 1 aromatic rings. The smallest absolute Gasteiger partial charge is 0.0618 e. The summed E-state index contributed by atoms with van der Waals surface area (Å²) in [5, 5.41) is 7.62. The van der Waals surface area contributed by atoms with Crippen LogP contribution in [-0.2, 0) is 0 Å². The maximum Gasteiger partial charge on any atom is 0.0618 e. The number of nitriles is 1. The second kappa shape index (κ2) is 13.8. The number of hydrogen-bond donors (Lipinski definition) is 0. The van der Waals surface area contributed by atoms with Crippen molar-refractivity contribution < 1.29 is 0 Å². The van der Waals surface area contributed by atoms with E-state index in [0.29, 0.717) is 6.42 Å². The summed E-state index contributed by atoms with van der Waals surface area (Å²) in [6.07, 6.45) is 0.625. The van der Waals surface area contributed by atoms with E-state index in [9.17, 15) is 0 Å². The molecule has 1 rings (SSSR count). The monoisotopic (exact) mass is 241 g/mol. The summed E-state index contributed by atoms with van der Waals surface area (Å²) in [7, 11) is 0. The Hall–Kier alpha value is -0.810. The van der Waals surface area contributed by atoms with Gasteiger partial charge in [-0.3, -0.25) is 0 Å². The zero-order valence-corrected chi connectivity index (χ0v) is 10.0. The molecule has 1 aromatic carbocycles. The number of rotatable bonds is 0. The Labute approximate surface area is 89.5 Å². The van der Waals surface area contributed by atoms with Gasteiger partial charge in [-0.1, -0.05) is 54.9 Å². The summed E-state index contributed by atoms with van der Waals surface area (Å²) in [6.45, 7) is 5.82. The van der Waals surface area contributed by atoms with E-state index in [0.717, 1.165) is 4.47 Å². The molecule has 72 valence electrons. The van der Waals surface area contributed by atoms with Crippen molar-refractivity contribution in [1.82, 2.24) is 0 Å². The van der Waals surface area contributed by atoms with Crippen LogP contribution in [0.1, 0.15) is 27.2 Å². The van der Waals surface area contributed by atoms with Gasteiger partial charge in [0.05, 0.1) is 6.07 Å². The topological polar surface area (TPSA) is 23.8 Å². The molecule has 0 saturated carbocycles. The molecule has 0 aliphatic heterocycles. The normalized spacial score (nSPS) is 6.69. The molecule has 0 fully saturated rings. The van der Waals surface area contributed by atoms with Crippen molar-refractivity contribution in [3.05, 3.63) is 34.8 Å². The van der Waals surface area contributed by atoms with Crippen LogP contribution in [-0.4, -0.2) is 0 Å². The molecule has 0 heterocycles. The molecule has 0 atom stereocenters. The average molecular weight is 242 g/mol. The lowest BCUT2D eigenvalue weighted by molar-refractivity contribution is 1.22. The Morgan fingerprint density at radius 3 is 1.77 bits per heavy atom. The van der Waals surface area contributed by atoms with E-state index in [4.69, 9.17) is 5.26 Å². The van der Waals surface area contributed by atoms with E-state index in [1.165, 1.54) is 0 Å². The molecule has 13 heavy (non-hydrogen) atoms. The highest BCUT2D eigenvalue weighted by Gasteiger charge is 1.74. The van der Waals surface area contributed by atoms with Gasteiger partial charge in [-0.2, -0.15) is 5.26 Å². The molecule has 0 aliphatic rings. The Bertz CT molecular complexity index is 213. The Balaban J connectivity index is 0. The van der Waals surface area contributed by atoms with Crippen LogP contribution in [0, 0.1) is 11.3 Å². The number of benzene rings is 1. The maximum absolute atomic E-state index is 7.62. The van der Waals surface area contributed by atoms with E-state index in [2.05, 4.69) is 15.9 Å². The van der Waals surface area contributed by atoms with Crippen LogP contribution in [0.15, 0.2) is 34.8 Å². The van der Waals surface area contributed by atoms with Crippen molar-refractivity contribution in [1.29, 1.82) is 5.26 Å². The van der Waals surface area contributed by atoms with Crippen molar-refractivity contribution >= 4 is 15.9 Å². The minimum atomic E-state index is 0.625. The number of hydrogen-bond acceptors (Lipinski definition) is 1.